The minimum Gasteiger partial charge on any atom is -0.368 e. The summed E-state index contributed by atoms with van der Waals surface area (Å²) in [6, 6.07) is 1.75. The van der Waals surface area contributed by atoms with Gasteiger partial charge < -0.3 is 15.5 Å². The third kappa shape index (κ3) is 3.46. The quantitative estimate of drug-likeness (QED) is 0.843. The zero-order chi connectivity index (χ0) is 13.1. The SMILES string of the molecule is CN1CCCC(CN(C)c2cc(Cl)nc(N)n2)C1. The average molecular weight is 270 g/mol. The highest BCUT2D eigenvalue weighted by atomic mass is 35.5. The molecule has 2 heterocycles. The van der Waals surface area contributed by atoms with Gasteiger partial charge in [-0.3, -0.25) is 0 Å². The van der Waals surface area contributed by atoms with Crippen LogP contribution in [0.3, 0.4) is 0 Å². The van der Waals surface area contributed by atoms with Crippen molar-refractivity contribution in [1.29, 1.82) is 0 Å². The molecule has 5 nitrogen and oxygen atoms in total. The van der Waals surface area contributed by atoms with E-state index in [0.29, 0.717) is 11.1 Å². The van der Waals surface area contributed by atoms with E-state index in [-0.39, 0.29) is 5.95 Å². The Morgan fingerprint density at radius 3 is 3.00 bits per heavy atom. The molecule has 1 aliphatic rings. The van der Waals surface area contributed by atoms with Crippen LogP contribution in [-0.2, 0) is 0 Å². The maximum Gasteiger partial charge on any atom is 0.223 e. The van der Waals surface area contributed by atoms with Gasteiger partial charge in [-0.15, -0.1) is 0 Å². The Kier molecular flexibility index (Phi) is 4.24. The molecular formula is C12H20ClN5. The fourth-order valence-corrected chi connectivity index (χ4v) is 2.71. The Balaban J connectivity index is 2.00. The molecule has 1 saturated heterocycles. The summed E-state index contributed by atoms with van der Waals surface area (Å²) < 4.78 is 0. The molecule has 1 aliphatic heterocycles. The lowest BCUT2D eigenvalue weighted by Gasteiger charge is -2.32. The molecule has 0 aliphatic carbocycles. The molecule has 1 fully saturated rings. The zero-order valence-corrected chi connectivity index (χ0v) is 11.7. The predicted molar refractivity (Wildman–Crippen MR) is 74.9 cm³/mol. The highest BCUT2D eigenvalue weighted by Crippen LogP contribution is 2.20. The monoisotopic (exact) mass is 269 g/mol. The Labute approximate surface area is 113 Å². The molecular weight excluding hydrogens is 250 g/mol. The fraction of sp³-hybridized carbons (Fsp3) is 0.667. The maximum atomic E-state index is 5.89. The summed E-state index contributed by atoms with van der Waals surface area (Å²) in [6.07, 6.45) is 2.53. The van der Waals surface area contributed by atoms with Crippen molar-refractivity contribution in [2.24, 2.45) is 5.92 Å². The maximum absolute atomic E-state index is 5.89. The largest absolute Gasteiger partial charge is 0.368 e. The molecule has 0 saturated carbocycles. The van der Waals surface area contributed by atoms with Crippen molar-refractivity contribution in [3.05, 3.63) is 11.2 Å². The Bertz CT molecular complexity index is 391. The van der Waals surface area contributed by atoms with Crippen molar-refractivity contribution in [1.82, 2.24) is 14.9 Å². The van der Waals surface area contributed by atoms with Gasteiger partial charge in [0.1, 0.15) is 11.0 Å². The zero-order valence-electron chi connectivity index (χ0n) is 10.9. The minimum atomic E-state index is 0.227. The van der Waals surface area contributed by atoms with Crippen molar-refractivity contribution in [3.63, 3.8) is 0 Å². The second-order valence-corrected chi connectivity index (χ2v) is 5.45. The molecule has 1 atom stereocenters. The lowest BCUT2D eigenvalue weighted by Crippen LogP contribution is -2.38. The predicted octanol–water partition coefficient (Wildman–Crippen LogP) is 1.49. The number of anilines is 2. The molecule has 0 spiro atoms. The van der Waals surface area contributed by atoms with Gasteiger partial charge in [0, 0.05) is 26.2 Å². The van der Waals surface area contributed by atoms with E-state index in [9.17, 15) is 0 Å². The van der Waals surface area contributed by atoms with E-state index in [2.05, 4.69) is 26.8 Å². The molecule has 1 aromatic rings. The number of hydrogen-bond donors (Lipinski definition) is 1. The van der Waals surface area contributed by atoms with Crippen molar-refractivity contribution < 1.29 is 0 Å². The third-order valence-corrected chi connectivity index (χ3v) is 3.54. The second kappa shape index (κ2) is 5.71. The summed E-state index contributed by atoms with van der Waals surface area (Å²) in [6.45, 7) is 3.31. The third-order valence-electron chi connectivity index (χ3n) is 3.34. The highest BCUT2D eigenvalue weighted by molar-refractivity contribution is 6.29. The van der Waals surface area contributed by atoms with Crippen LogP contribution in [0.2, 0.25) is 5.15 Å². The Morgan fingerprint density at radius 1 is 1.56 bits per heavy atom. The van der Waals surface area contributed by atoms with Crippen LogP contribution in [0.15, 0.2) is 6.07 Å². The van der Waals surface area contributed by atoms with Crippen LogP contribution in [0.5, 0.6) is 0 Å². The Morgan fingerprint density at radius 2 is 2.33 bits per heavy atom. The van der Waals surface area contributed by atoms with Crippen molar-refractivity contribution >= 4 is 23.4 Å². The summed E-state index contributed by atoms with van der Waals surface area (Å²) in [5.74, 6) is 1.69. The summed E-state index contributed by atoms with van der Waals surface area (Å²) in [5, 5.41) is 0.394. The van der Waals surface area contributed by atoms with Gasteiger partial charge in [0.25, 0.3) is 0 Å². The lowest BCUT2D eigenvalue weighted by molar-refractivity contribution is 0.213. The van der Waals surface area contributed by atoms with Gasteiger partial charge in [0.05, 0.1) is 0 Å². The van der Waals surface area contributed by atoms with Crippen LogP contribution in [0.1, 0.15) is 12.8 Å². The first-order valence-electron chi connectivity index (χ1n) is 6.24. The van der Waals surface area contributed by atoms with E-state index in [4.69, 9.17) is 17.3 Å². The normalized spacial score (nSPS) is 20.9. The van der Waals surface area contributed by atoms with Crippen LogP contribution < -0.4 is 10.6 Å². The average Bonchev–Trinajstić information content (AvgIpc) is 2.27. The van der Waals surface area contributed by atoms with E-state index < -0.39 is 0 Å². The highest BCUT2D eigenvalue weighted by Gasteiger charge is 2.19. The number of hydrogen-bond acceptors (Lipinski definition) is 5. The molecule has 0 aromatic carbocycles. The van der Waals surface area contributed by atoms with Crippen LogP contribution in [0.25, 0.3) is 0 Å². The van der Waals surface area contributed by atoms with Gasteiger partial charge in [-0.25, -0.2) is 4.98 Å². The van der Waals surface area contributed by atoms with Crippen LogP contribution in [0.4, 0.5) is 11.8 Å². The van der Waals surface area contributed by atoms with Gasteiger partial charge in [-0.2, -0.15) is 4.98 Å². The summed E-state index contributed by atoms with van der Waals surface area (Å²) in [4.78, 5) is 12.6. The van der Waals surface area contributed by atoms with Gasteiger partial charge in [-0.1, -0.05) is 11.6 Å². The first-order chi connectivity index (χ1) is 8.54. The number of halogens is 1. The summed E-state index contributed by atoms with van der Waals surface area (Å²) >= 11 is 5.89. The molecule has 1 unspecified atom stereocenters. The summed E-state index contributed by atoms with van der Waals surface area (Å²) in [7, 11) is 4.19. The number of nitrogens with zero attached hydrogens (tertiary/aromatic N) is 4. The van der Waals surface area contributed by atoms with Crippen molar-refractivity contribution in [3.8, 4) is 0 Å². The fourth-order valence-electron chi connectivity index (χ4n) is 2.52. The molecule has 0 radical (unpaired) electrons. The minimum absolute atomic E-state index is 0.227. The van der Waals surface area contributed by atoms with Crippen LogP contribution >= 0.6 is 11.6 Å². The standard InChI is InChI=1S/C12H20ClN5/c1-17-5-3-4-9(7-17)8-18(2)11-6-10(13)15-12(14)16-11/h6,9H,3-5,7-8H2,1-2H3,(H2,14,15,16). The van der Waals surface area contributed by atoms with E-state index in [0.717, 1.165) is 18.9 Å². The molecule has 1 aromatic heterocycles. The topological polar surface area (TPSA) is 58.3 Å². The number of rotatable bonds is 3. The molecule has 6 heteroatoms. The smallest absolute Gasteiger partial charge is 0.223 e. The Hall–Kier alpha value is -1.07. The lowest BCUT2D eigenvalue weighted by atomic mass is 9.98. The van der Waals surface area contributed by atoms with Crippen LogP contribution in [0, 0.1) is 5.92 Å². The number of nitrogen functional groups attached to an aromatic ring is 1. The molecule has 0 amide bonds. The van der Waals surface area contributed by atoms with Crippen LogP contribution in [-0.4, -0.2) is 48.6 Å². The number of nitrogens with two attached hydrogens (primary N) is 1. The molecule has 2 rings (SSSR count). The van der Waals surface area contributed by atoms with E-state index >= 15 is 0 Å². The van der Waals surface area contributed by atoms with Crippen molar-refractivity contribution in [2.45, 2.75) is 12.8 Å². The number of aromatic nitrogens is 2. The van der Waals surface area contributed by atoms with Gasteiger partial charge >= 0.3 is 0 Å². The van der Waals surface area contributed by atoms with Gasteiger partial charge in [-0.05, 0) is 32.4 Å². The van der Waals surface area contributed by atoms with Crippen molar-refractivity contribution in [2.75, 3.05) is 44.4 Å². The number of piperidine rings is 1. The second-order valence-electron chi connectivity index (χ2n) is 5.06. The molecule has 100 valence electrons. The molecule has 0 bridgehead atoms. The van der Waals surface area contributed by atoms with Gasteiger partial charge in [0.2, 0.25) is 5.95 Å². The summed E-state index contributed by atoms with van der Waals surface area (Å²) in [5.41, 5.74) is 5.61. The van der Waals surface area contributed by atoms with E-state index in [1.54, 1.807) is 6.07 Å². The van der Waals surface area contributed by atoms with E-state index in [1.165, 1.54) is 19.4 Å². The first-order valence-corrected chi connectivity index (χ1v) is 6.62. The van der Waals surface area contributed by atoms with E-state index in [1.807, 2.05) is 7.05 Å². The van der Waals surface area contributed by atoms with Gasteiger partial charge in [0.15, 0.2) is 0 Å². The molecule has 18 heavy (non-hydrogen) atoms. The molecule has 2 N–H and O–H groups in total. The first kappa shape index (κ1) is 13.4. The number of likely N-dealkylation sites (tertiary alicyclic amines) is 1.